The molecule has 2 N–H and O–H groups in total. The van der Waals surface area contributed by atoms with Crippen molar-refractivity contribution in [2.75, 3.05) is 9.44 Å². The zero-order valence-corrected chi connectivity index (χ0v) is 26.3. The molecule has 36 heavy (non-hydrogen) atoms. The van der Waals surface area contributed by atoms with Crippen LogP contribution in [-0.4, -0.2) is 27.1 Å². The number of hydrogen-bond acceptors (Lipinski definition) is 8. The van der Waals surface area contributed by atoms with Gasteiger partial charge in [-0.1, -0.05) is 34.6 Å². The van der Waals surface area contributed by atoms with E-state index in [1.165, 1.54) is 12.1 Å². The standard InChI is InChI=1S/2C10H8Br2N2O3S/c2*1-6-9(12)10(17-13-6)14-18(15,16)8-5-3-2-4-7(8)11/h2*2-5,14H,1H3. The van der Waals surface area contributed by atoms with Crippen molar-refractivity contribution in [1.29, 1.82) is 0 Å². The molecule has 16 heteroatoms. The molecule has 0 aliphatic rings. The Labute approximate surface area is 240 Å². The van der Waals surface area contributed by atoms with E-state index in [4.69, 9.17) is 9.05 Å². The zero-order valence-electron chi connectivity index (χ0n) is 18.3. The Morgan fingerprint density at radius 3 is 1.25 bits per heavy atom. The van der Waals surface area contributed by atoms with Crippen molar-refractivity contribution < 1.29 is 25.9 Å². The maximum absolute atomic E-state index is 12.1. The molecule has 0 amide bonds. The Morgan fingerprint density at radius 2 is 0.972 bits per heavy atom. The van der Waals surface area contributed by atoms with Crippen molar-refractivity contribution in [1.82, 2.24) is 10.3 Å². The van der Waals surface area contributed by atoms with Gasteiger partial charge < -0.3 is 9.05 Å². The smallest absolute Gasteiger partial charge is 0.265 e. The molecule has 0 saturated heterocycles. The van der Waals surface area contributed by atoms with Crippen LogP contribution < -0.4 is 9.44 Å². The summed E-state index contributed by atoms with van der Waals surface area (Å²) >= 11 is 12.8. The number of benzene rings is 2. The van der Waals surface area contributed by atoms with E-state index in [-0.39, 0.29) is 21.6 Å². The quantitative estimate of drug-likeness (QED) is 0.222. The van der Waals surface area contributed by atoms with Crippen molar-refractivity contribution in [3.8, 4) is 0 Å². The van der Waals surface area contributed by atoms with E-state index in [0.717, 1.165) is 0 Å². The SMILES string of the molecule is Cc1noc(NS(=O)(=O)c2ccccc2Br)c1Br.Cc1noc(NS(=O)(=O)c2ccccc2Br)c1Br. The molecule has 0 unspecified atom stereocenters. The van der Waals surface area contributed by atoms with Crippen LogP contribution in [0, 0.1) is 13.8 Å². The minimum absolute atomic E-state index is 0.0586. The van der Waals surface area contributed by atoms with Crippen LogP contribution in [0.4, 0.5) is 11.8 Å². The van der Waals surface area contributed by atoms with E-state index >= 15 is 0 Å². The second-order valence-corrected chi connectivity index (χ2v) is 13.5. The normalized spacial score (nSPS) is 11.5. The number of rotatable bonds is 6. The van der Waals surface area contributed by atoms with Gasteiger partial charge in [0.1, 0.15) is 18.7 Å². The van der Waals surface area contributed by atoms with Gasteiger partial charge in [-0.25, -0.2) is 26.3 Å². The van der Waals surface area contributed by atoms with E-state index in [1.54, 1.807) is 50.2 Å². The fraction of sp³-hybridized carbons (Fsp3) is 0.100. The second-order valence-electron chi connectivity index (χ2n) is 6.89. The maximum Gasteiger partial charge on any atom is 0.265 e. The summed E-state index contributed by atoms with van der Waals surface area (Å²) in [5.74, 6) is 0.117. The number of hydrogen-bond donors (Lipinski definition) is 2. The highest BCUT2D eigenvalue weighted by Crippen LogP contribution is 2.31. The monoisotopic (exact) mass is 788 g/mol. The first kappa shape index (κ1) is 28.8. The van der Waals surface area contributed by atoms with Gasteiger partial charge in [0.25, 0.3) is 31.8 Å². The molecule has 0 aliphatic heterocycles. The molecular weight excluding hydrogens is 776 g/mol. The number of halogens is 4. The van der Waals surface area contributed by atoms with E-state index in [1.807, 2.05) is 0 Å². The molecule has 2 heterocycles. The van der Waals surface area contributed by atoms with Crippen LogP contribution in [0.25, 0.3) is 0 Å². The van der Waals surface area contributed by atoms with Gasteiger partial charge in [-0.3, -0.25) is 0 Å². The van der Waals surface area contributed by atoms with Crippen LogP contribution >= 0.6 is 63.7 Å². The Kier molecular flexibility index (Phi) is 9.43. The van der Waals surface area contributed by atoms with E-state index < -0.39 is 20.0 Å². The average molecular weight is 792 g/mol. The summed E-state index contributed by atoms with van der Waals surface area (Å²) in [6.07, 6.45) is 0. The van der Waals surface area contributed by atoms with Crippen LogP contribution in [0.2, 0.25) is 0 Å². The highest BCUT2D eigenvalue weighted by Gasteiger charge is 2.22. The zero-order chi connectivity index (χ0) is 26.7. The fourth-order valence-corrected chi connectivity index (χ4v) is 7.27. The lowest BCUT2D eigenvalue weighted by Gasteiger charge is -2.06. The van der Waals surface area contributed by atoms with Crippen molar-refractivity contribution in [3.05, 3.63) is 77.8 Å². The summed E-state index contributed by atoms with van der Waals surface area (Å²) < 4.78 is 64.9. The number of nitrogens with zero attached hydrogens (tertiary/aromatic N) is 2. The molecule has 0 fully saturated rings. The van der Waals surface area contributed by atoms with E-state index in [2.05, 4.69) is 83.5 Å². The molecule has 4 rings (SSSR count). The Hall–Kier alpha value is -1.72. The lowest BCUT2D eigenvalue weighted by atomic mass is 10.4. The molecular formula is C20H16Br4N4O6S2. The third-order valence-corrected chi connectivity index (χ3v) is 10.8. The van der Waals surface area contributed by atoms with Crippen LogP contribution in [0.3, 0.4) is 0 Å². The van der Waals surface area contributed by atoms with Crippen molar-refractivity contribution in [2.45, 2.75) is 23.6 Å². The third-order valence-electron chi connectivity index (χ3n) is 4.29. The number of nitrogens with one attached hydrogen (secondary N) is 2. The molecule has 0 atom stereocenters. The Morgan fingerprint density at radius 1 is 0.639 bits per heavy atom. The summed E-state index contributed by atoms with van der Waals surface area (Å²) in [4.78, 5) is 0.261. The molecule has 0 saturated carbocycles. The summed E-state index contributed by atoms with van der Waals surface area (Å²) in [5.41, 5.74) is 1.14. The predicted octanol–water partition coefficient (Wildman–Crippen LogP) is 6.62. The van der Waals surface area contributed by atoms with Gasteiger partial charge in [0.05, 0.1) is 11.4 Å². The fourth-order valence-electron chi connectivity index (χ4n) is 2.52. The summed E-state index contributed by atoms with van der Waals surface area (Å²) in [6.45, 7) is 3.40. The van der Waals surface area contributed by atoms with Gasteiger partial charge in [0.15, 0.2) is 0 Å². The van der Waals surface area contributed by atoms with E-state index in [9.17, 15) is 16.8 Å². The number of anilines is 2. The average Bonchev–Trinajstić information content (AvgIpc) is 3.29. The van der Waals surface area contributed by atoms with E-state index in [0.29, 0.717) is 29.3 Å². The first-order chi connectivity index (χ1) is 16.8. The molecule has 2 aromatic heterocycles. The van der Waals surface area contributed by atoms with Crippen LogP contribution in [0.5, 0.6) is 0 Å². The molecule has 0 spiro atoms. The lowest BCUT2D eigenvalue weighted by Crippen LogP contribution is -2.13. The minimum atomic E-state index is -3.71. The number of aromatic nitrogens is 2. The van der Waals surface area contributed by atoms with Gasteiger partial charge in [-0.2, -0.15) is 0 Å². The highest BCUT2D eigenvalue weighted by molar-refractivity contribution is 9.11. The molecule has 2 aromatic carbocycles. The van der Waals surface area contributed by atoms with Crippen LogP contribution in [-0.2, 0) is 20.0 Å². The van der Waals surface area contributed by atoms with Gasteiger partial charge >= 0.3 is 0 Å². The molecule has 0 aliphatic carbocycles. The molecule has 192 valence electrons. The second kappa shape index (κ2) is 11.8. The number of aryl methyl sites for hydroxylation is 2. The first-order valence-corrected chi connectivity index (χ1v) is 15.8. The maximum atomic E-state index is 12.1. The highest BCUT2D eigenvalue weighted by atomic mass is 79.9. The molecule has 0 bridgehead atoms. The first-order valence-electron chi connectivity index (χ1n) is 9.61. The largest absolute Gasteiger partial charge is 0.336 e. The van der Waals surface area contributed by atoms with Crippen molar-refractivity contribution >= 4 is 95.5 Å². The topological polar surface area (TPSA) is 144 Å². The molecule has 10 nitrogen and oxygen atoms in total. The van der Waals surface area contributed by atoms with Crippen molar-refractivity contribution in [3.63, 3.8) is 0 Å². The number of sulfonamides is 2. The van der Waals surface area contributed by atoms with Crippen LogP contribution in [0.15, 0.2) is 85.3 Å². The Bertz CT molecular complexity index is 1480. The molecule has 0 radical (unpaired) electrons. The van der Waals surface area contributed by atoms with Gasteiger partial charge in [0, 0.05) is 8.95 Å². The van der Waals surface area contributed by atoms with Crippen molar-refractivity contribution in [2.24, 2.45) is 0 Å². The Balaban J connectivity index is 0.000000201. The lowest BCUT2D eigenvalue weighted by molar-refractivity contribution is 0.430. The van der Waals surface area contributed by atoms with Crippen LogP contribution in [0.1, 0.15) is 11.4 Å². The molecule has 4 aromatic rings. The summed E-state index contributed by atoms with van der Waals surface area (Å²) in [7, 11) is -7.43. The third kappa shape index (κ3) is 6.77. The van der Waals surface area contributed by atoms with Gasteiger partial charge in [-0.15, -0.1) is 0 Å². The summed E-state index contributed by atoms with van der Waals surface area (Å²) in [5, 5.41) is 7.31. The van der Waals surface area contributed by atoms with Gasteiger partial charge in [0.2, 0.25) is 0 Å². The summed E-state index contributed by atoms with van der Waals surface area (Å²) in [6, 6.07) is 13.0. The van der Waals surface area contributed by atoms with Gasteiger partial charge in [-0.05, 0) is 102 Å². The predicted molar refractivity (Wildman–Crippen MR) is 148 cm³/mol. The minimum Gasteiger partial charge on any atom is -0.336 e.